The molecule has 30 heavy (non-hydrogen) atoms. The van der Waals surface area contributed by atoms with Crippen molar-refractivity contribution >= 4 is 40.5 Å². The number of nitro groups is 1. The number of hydrogen-bond donors (Lipinski definition) is 2. The Morgan fingerprint density at radius 3 is 2.23 bits per heavy atom. The lowest BCUT2D eigenvalue weighted by Crippen LogP contribution is -2.18. The second kappa shape index (κ2) is 9.19. The van der Waals surface area contributed by atoms with E-state index in [1.54, 1.807) is 24.3 Å². The lowest BCUT2D eigenvalue weighted by atomic mass is 10.1. The first-order chi connectivity index (χ1) is 14.4. The Bertz CT molecular complexity index is 1110. The molecule has 0 atom stereocenters. The van der Waals surface area contributed by atoms with Crippen molar-refractivity contribution in [3.63, 3.8) is 0 Å². The molecule has 0 aliphatic heterocycles. The summed E-state index contributed by atoms with van der Waals surface area (Å²) in [7, 11) is 0. The molecule has 152 valence electrons. The molecular weight excluding hydrogens is 406 g/mol. The first kappa shape index (κ1) is 21.0. The third kappa shape index (κ3) is 4.82. The van der Waals surface area contributed by atoms with E-state index in [0.29, 0.717) is 11.4 Å². The van der Waals surface area contributed by atoms with Gasteiger partial charge in [0.25, 0.3) is 17.5 Å². The van der Waals surface area contributed by atoms with E-state index in [4.69, 9.17) is 11.6 Å². The van der Waals surface area contributed by atoms with Crippen molar-refractivity contribution in [2.45, 2.75) is 13.3 Å². The first-order valence-electron chi connectivity index (χ1n) is 9.13. The fraction of sp³-hybridized carbons (Fsp3) is 0.0909. The third-order valence-electron chi connectivity index (χ3n) is 4.45. The molecule has 3 aromatic rings. The molecule has 8 heteroatoms. The maximum atomic E-state index is 12.7. The Kier molecular flexibility index (Phi) is 6.44. The largest absolute Gasteiger partial charge is 0.322 e. The van der Waals surface area contributed by atoms with E-state index in [-0.39, 0.29) is 27.7 Å². The van der Waals surface area contributed by atoms with Gasteiger partial charge in [0.15, 0.2) is 0 Å². The molecule has 3 rings (SSSR count). The van der Waals surface area contributed by atoms with Crippen molar-refractivity contribution in [3.8, 4) is 0 Å². The molecular formula is C22H18ClN3O4. The number of nitro benzene ring substituents is 1. The Morgan fingerprint density at radius 1 is 0.933 bits per heavy atom. The van der Waals surface area contributed by atoms with Crippen molar-refractivity contribution in [3.05, 3.63) is 98.6 Å². The highest BCUT2D eigenvalue weighted by atomic mass is 35.5. The minimum absolute atomic E-state index is 0.0559. The molecule has 0 aliphatic rings. The minimum Gasteiger partial charge on any atom is -0.322 e. The van der Waals surface area contributed by atoms with E-state index in [9.17, 15) is 19.7 Å². The average Bonchev–Trinajstić information content (AvgIpc) is 2.74. The molecule has 0 spiro atoms. The maximum absolute atomic E-state index is 12.7. The Labute approximate surface area is 177 Å². The summed E-state index contributed by atoms with van der Waals surface area (Å²) in [6.07, 6.45) is 0.897. The summed E-state index contributed by atoms with van der Waals surface area (Å²) in [4.78, 5) is 35.6. The highest BCUT2D eigenvalue weighted by Crippen LogP contribution is 2.25. The summed E-state index contributed by atoms with van der Waals surface area (Å²) in [5.41, 5.74) is 2.19. The van der Waals surface area contributed by atoms with Gasteiger partial charge in [-0.2, -0.15) is 0 Å². The van der Waals surface area contributed by atoms with Crippen molar-refractivity contribution in [1.29, 1.82) is 0 Å². The number of rotatable bonds is 6. The van der Waals surface area contributed by atoms with Crippen LogP contribution in [0.15, 0.2) is 66.7 Å². The molecule has 0 unspecified atom stereocenters. The van der Waals surface area contributed by atoms with Gasteiger partial charge in [-0.05, 0) is 42.3 Å². The number of aryl methyl sites for hydroxylation is 1. The van der Waals surface area contributed by atoms with Crippen molar-refractivity contribution in [2.24, 2.45) is 0 Å². The van der Waals surface area contributed by atoms with Crippen LogP contribution in [0, 0.1) is 10.1 Å². The molecule has 0 heterocycles. The molecule has 0 radical (unpaired) electrons. The Hall–Kier alpha value is -3.71. The normalized spacial score (nSPS) is 10.3. The molecule has 2 N–H and O–H groups in total. The van der Waals surface area contributed by atoms with Gasteiger partial charge in [-0.3, -0.25) is 19.7 Å². The van der Waals surface area contributed by atoms with Crippen LogP contribution >= 0.6 is 11.6 Å². The van der Waals surface area contributed by atoms with Gasteiger partial charge in [0.1, 0.15) is 0 Å². The second-order valence-electron chi connectivity index (χ2n) is 6.43. The molecule has 0 aliphatic carbocycles. The number of para-hydroxylation sites is 1. The van der Waals surface area contributed by atoms with Crippen molar-refractivity contribution in [2.75, 3.05) is 10.6 Å². The second-order valence-corrected chi connectivity index (χ2v) is 6.83. The molecule has 0 aromatic heterocycles. The molecule has 0 saturated heterocycles. The van der Waals surface area contributed by atoms with Gasteiger partial charge in [0.2, 0.25) is 0 Å². The summed E-state index contributed by atoms with van der Waals surface area (Å²) < 4.78 is 0. The van der Waals surface area contributed by atoms with Crippen LogP contribution in [-0.4, -0.2) is 16.7 Å². The summed E-state index contributed by atoms with van der Waals surface area (Å²) >= 11 is 6.02. The Balaban J connectivity index is 1.80. The summed E-state index contributed by atoms with van der Waals surface area (Å²) in [6, 6.07) is 17.6. The van der Waals surface area contributed by atoms with Crippen LogP contribution in [0.25, 0.3) is 0 Å². The SMILES string of the molecule is CCc1ccc(NC(=O)c2ccccc2NC(=O)c2ccc([N+](=O)[O-])cc2Cl)cc1. The predicted octanol–water partition coefficient (Wildman–Crippen LogP) is 5.32. The van der Waals surface area contributed by atoms with Gasteiger partial charge in [0, 0.05) is 17.8 Å². The van der Waals surface area contributed by atoms with Crippen LogP contribution in [0.2, 0.25) is 5.02 Å². The summed E-state index contributed by atoms with van der Waals surface area (Å²) in [5.74, 6) is -0.965. The number of anilines is 2. The van der Waals surface area contributed by atoms with Gasteiger partial charge in [-0.15, -0.1) is 0 Å². The van der Waals surface area contributed by atoms with E-state index in [1.807, 2.05) is 31.2 Å². The molecule has 7 nitrogen and oxygen atoms in total. The Morgan fingerprint density at radius 2 is 1.60 bits per heavy atom. The highest BCUT2D eigenvalue weighted by Gasteiger charge is 2.18. The fourth-order valence-corrected chi connectivity index (χ4v) is 3.06. The van der Waals surface area contributed by atoms with Gasteiger partial charge in [-0.25, -0.2) is 0 Å². The lowest BCUT2D eigenvalue weighted by molar-refractivity contribution is -0.384. The number of benzene rings is 3. The maximum Gasteiger partial charge on any atom is 0.270 e. The number of nitrogens with zero attached hydrogens (tertiary/aromatic N) is 1. The summed E-state index contributed by atoms with van der Waals surface area (Å²) in [5, 5.41) is 16.2. The van der Waals surface area contributed by atoms with Crippen LogP contribution in [0.1, 0.15) is 33.2 Å². The quantitative estimate of drug-likeness (QED) is 0.414. The van der Waals surface area contributed by atoms with Crippen LogP contribution in [0.4, 0.5) is 17.1 Å². The van der Waals surface area contributed by atoms with E-state index in [1.165, 1.54) is 12.1 Å². The number of carbonyl (C=O) groups is 2. The average molecular weight is 424 g/mol. The van der Waals surface area contributed by atoms with E-state index in [0.717, 1.165) is 18.1 Å². The van der Waals surface area contributed by atoms with Gasteiger partial charge < -0.3 is 10.6 Å². The molecule has 3 aromatic carbocycles. The fourth-order valence-electron chi connectivity index (χ4n) is 2.80. The monoisotopic (exact) mass is 423 g/mol. The zero-order valence-electron chi connectivity index (χ0n) is 16.0. The van der Waals surface area contributed by atoms with Crippen molar-refractivity contribution in [1.82, 2.24) is 0 Å². The zero-order valence-corrected chi connectivity index (χ0v) is 16.8. The number of amides is 2. The lowest BCUT2D eigenvalue weighted by Gasteiger charge is -2.12. The molecule has 0 fully saturated rings. The number of nitrogens with one attached hydrogen (secondary N) is 2. The minimum atomic E-state index is -0.597. The van der Waals surface area contributed by atoms with Gasteiger partial charge in [-0.1, -0.05) is 42.8 Å². The number of hydrogen-bond acceptors (Lipinski definition) is 4. The molecule has 0 saturated carbocycles. The van der Waals surface area contributed by atoms with Crippen molar-refractivity contribution < 1.29 is 14.5 Å². The van der Waals surface area contributed by atoms with Crippen LogP contribution in [0.3, 0.4) is 0 Å². The topological polar surface area (TPSA) is 101 Å². The highest BCUT2D eigenvalue weighted by molar-refractivity contribution is 6.34. The van der Waals surface area contributed by atoms with E-state index < -0.39 is 10.8 Å². The number of non-ortho nitro benzene ring substituents is 1. The van der Waals surface area contributed by atoms with Crippen LogP contribution in [-0.2, 0) is 6.42 Å². The molecule has 2 amide bonds. The van der Waals surface area contributed by atoms with Gasteiger partial charge >= 0.3 is 0 Å². The summed E-state index contributed by atoms with van der Waals surface area (Å²) in [6.45, 7) is 2.05. The van der Waals surface area contributed by atoms with E-state index in [2.05, 4.69) is 10.6 Å². The third-order valence-corrected chi connectivity index (χ3v) is 4.76. The predicted molar refractivity (Wildman–Crippen MR) is 116 cm³/mol. The van der Waals surface area contributed by atoms with E-state index >= 15 is 0 Å². The standard InChI is InChI=1S/C22H18ClN3O4/c1-2-14-7-9-15(10-8-14)24-22(28)18-5-3-4-6-20(18)25-21(27)17-12-11-16(26(29)30)13-19(17)23/h3-13H,2H2,1H3,(H,24,28)(H,25,27). The smallest absolute Gasteiger partial charge is 0.270 e. The first-order valence-corrected chi connectivity index (χ1v) is 9.51. The van der Waals surface area contributed by atoms with Crippen LogP contribution < -0.4 is 10.6 Å². The molecule has 0 bridgehead atoms. The van der Waals surface area contributed by atoms with Crippen LogP contribution in [0.5, 0.6) is 0 Å². The number of carbonyl (C=O) groups excluding carboxylic acids is 2. The zero-order chi connectivity index (χ0) is 21.7. The van der Waals surface area contributed by atoms with Gasteiger partial charge in [0.05, 0.1) is 26.8 Å². The number of halogens is 1.